The molecule has 0 aliphatic carbocycles. The Morgan fingerprint density at radius 1 is 1.17 bits per heavy atom. The Morgan fingerprint density at radius 2 is 1.50 bits per heavy atom. The van der Waals surface area contributed by atoms with Gasteiger partial charge in [0.1, 0.15) is 0 Å². The lowest BCUT2D eigenvalue weighted by molar-refractivity contribution is -0.140. The van der Waals surface area contributed by atoms with Crippen molar-refractivity contribution in [3.63, 3.8) is 0 Å². The van der Waals surface area contributed by atoms with Crippen LogP contribution in [0.25, 0.3) is 0 Å². The fraction of sp³-hybridized carbons (Fsp3) is 0.333. The van der Waals surface area contributed by atoms with E-state index in [4.69, 9.17) is 0 Å². The SMILES string of the molecule is C=CC(=O)N(C(=O)C=C)C(C)C. The van der Waals surface area contributed by atoms with E-state index in [1.165, 1.54) is 0 Å². The first-order valence-electron chi connectivity index (χ1n) is 3.66. The zero-order chi connectivity index (χ0) is 9.72. The van der Waals surface area contributed by atoms with Gasteiger partial charge in [-0.2, -0.15) is 0 Å². The monoisotopic (exact) mass is 167 g/mol. The standard InChI is InChI=1S/C9H13NO2/c1-5-8(11)10(7(3)4)9(12)6-2/h5-7H,1-2H2,3-4H3. The average molecular weight is 167 g/mol. The molecule has 66 valence electrons. The van der Waals surface area contributed by atoms with Gasteiger partial charge < -0.3 is 0 Å². The van der Waals surface area contributed by atoms with E-state index in [0.717, 1.165) is 17.1 Å². The summed E-state index contributed by atoms with van der Waals surface area (Å²) in [7, 11) is 0. The summed E-state index contributed by atoms with van der Waals surface area (Å²) < 4.78 is 0. The van der Waals surface area contributed by atoms with Gasteiger partial charge in [-0.05, 0) is 26.0 Å². The summed E-state index contributed by atoms with van der Waals surface area (Å²) in [6.45, 7) is 10.1. The highest BCUT2D eigenvalue weighted by molar-refractivity contribution is 6.04. The quantitative estimate of drug-likeness (QED) is 0.591. The van der Waals surface area contributed by atoms with Crippen molar-refractivity contribution in [3.8, 4) is 0 Å². The average Bonchev–Trinajstić information content (AvgIpc) is 2.03. The van der Waals surface area contributed by atoms with Crippen LogP contribution in [0.5, 0.6) is 0 Å². The van der Waals surface area contributed by atoms with Gasteiger partial charge in [0.25, 0.3) is 11.8 Å². The highest BCUT2D eigenvalue weighted by Gasteiger charge is 2.18. The third-order valence-electron chi connectivity index (χ3n) is 1.34. The summed E-state index contributed by atoms with van der Waals surface area (Å²) in [6, 6.07) is -0.166. The second kappa shape index (κ2) is 4.49. The zero-order valence-electron chi connectivity index (χ0n) is 7.41. The van der Waals surface area contributed by atoms with Crippen molar-refractivity contribution in [1.29, 1.82) is 0 Å². The van der Waals surface area contributed by atoms with Gasteiger partial charge in [0, 0.05) is 6.04 Å². The summed E-state index contributed by atoms with van der Waals surface area (Å²) in [5.41, 5.74) is 0. The topological polar surface area (TPSA) is 37.4 Å². The molecule has 3 nitrogen and oxygen atoms in total. The predicted octanol–water partition coefficient (Wildman–Crippen LogP) is 1.12. The van der Waals surface area contributed by atoms with Crippen molar-refractivity contribution < 1.29 is 9.59 Å². The van der Waals surface area contributed by atoms with Crippen molar-refractivity contribution >= 4 is 11.8 Å². The van der Waals surface area contributed by atoms with Gasteiger partial charge in [0.05, 0.1) is 0 Å². The van der Waals surface area contributed by atoms with E-state index < -0.39 is 11.8 Å². The fourth-order valence-corrected chi connectivity index (χ4v) is 0.814. The normalized spacial score (nSPS) is 9.25. The first kappa shape index (κ1) is 10.6. The summed E-state index contributed by atoms with van der Waals surface area (Å²) in [5.74, 6) is -0.787. The molecule has 0 aliphatic heterocycles. The third-order valence-corrected chi connectivity index (χ3v) is 1.34. The molecule has 0 saturated heterocycles. The Balaban J connectivity index is 4.65. The largest absolute Gasteiger partial charge is 0.273 e. The zero-order valence-corrected chi connectivity index (χ0v) is 7.41. The maximum atomic E-state index is 11.1. The van der Waals surface area contributed by atoms with Crippen molar-refractivity contribution in [1.82, 2.24) is 4.90 Å². The van der Waals surface area contributed by atoms with Gasteiger partial charge in [0.2, 0.25) is 0 Å². The van der Waals surface area contributed by atoms with Crippen LogP contribution in [0.1, 0.15) is 13.8 Å². The summed E-state index contributed by atoms with van der Waals surface area (Å²) in [4.78, 5) is 23.3. The van der Waals surface area contributed by atoms with Gasteiger partial charge in [0.15, 0.2) is 0 Å². The van der Waals surface area contributed by atoms with Crippen molar-refractivity contribution in [3.05, 3.63) is 25.3 Å². The van der Waals surface area contributed by atoms with Crippen LogP contribution in [-0.4, -0.2) is 22.8 Å². The molecule has 0 rings (SSSR count). The molecule has 0 heterocycles. The molecule has 0 spiro atoms. The molecule has 0 aromatic heterocycles. The molecule has 0 fully saturated rings. The second-order valence-corrected chi connectivity index (χ2v) is 2.55. The molecule has 12 heavy (non-hydrogen) atoms. The van der Waals surface area contributed by atoms with E-state index in [1.807, 2.05) is 0 Å². The molecule has 0 N–H and O–H groups in total. The Morgan fingerprint density at radius 3 is 1.67 bits per heavy atom. The Labute approximate surface area is 72.4 Å². The number of imide groups is 1. The van der Waals surface area contributed by atoms with Crippen molar-refractivity contribution in [2.75, 3.05) is 0 Å². The van der Waals surface area contributed by atoms with Crippen LogP contribution in [0.15, 0.2) is 25.3 Å². The minimum absolute atomic E-state index is 0.166. The molecular weight excluding hydrogens is 154 g/mol. The van der Waals surface area contributed by atoms with Crippen LogP contribution in [0.4, 0.5) is 0 Å². The Bertz CT molecular complexity index is 199. The fourth-order valence-electron chi connectivity index (χ4n) is 0.814. The van der Waals surface area contributed by atoms with E-state index in [1.54, 1.807) is 13.8 Å². The number of nitrogens with zero attached hydrogens (tertiary/aromatic N) is 1. The number of hydrogen-bond donors (Lipinski definition) is 0. The molecule has 0 aromatic rings. The van der Waals surface area contributed by atoms with Gasteiger partial charge >= 0.3 is 0 Å². The van der Waals surface area contributed by atoms with E-state index >= 15 is 0 Å². The highest BCUT2D eigenvalue weighted by Crippen LogP contribution is 2.00. The first-order valence-corrected chi connectivity index (χ1v) is 3.66. The number of rotatable bonds is 3. The molecule has 0 aromatic carbocycles. The molecular formula is C9H13NO2. The van der Waals surface area contributed by atoms with Crippen LogP contribution in [-0.2, 0) is 9.59 Å². The maximum absolute atomic E-state index is 11.1. The predicted molar refractivity (Wildman–Crippen MR) is 47.4 cm³/mol. The van der Waals surface area contributed by atoms with Crippen LogP contribution < -0.4 is 0 Å². The smallest absolute Gasteiger partial charge is 0.253 e. The van der Waals surface area contributed by atoms with Gasteiger partial charge in [-0.1, -0.05) is 13.2 Å². The third kappa shape index (κ3) is 2.34. The molecule has 0 unspecified atom stereocenters. The van der Waals surface area contributed by atoms with E-state index in [0.29, 0.717) is 0 Å². The number of carbonyl (C=O) groups is 2. The number of amides is 2. The lowest BCUT2D eigenvalue weighted by Gasteiger charge is -2.21. The molecule has 0 bridgehead atoms. The molecule has 0 aliphatic rings. The second-order valence-electron chi connectivity index (χ2n) is 2.55. The van der Waals surface area contributed by atoms with E-state index in [9.17, 15) is 9.59 Å². The molecule has 0 atom stereocenters. The summed E-state index contributed by atoms with van der Waals surface area (Å²) >= 11 is 0. The Kier molecular flexibility index (Phi) is 3.97. The van der Waals surface area contributed by atoms with Gasteiger partial charge in [-0.3, -0.25) is 14.5 Å². The molecule has 0 saturated carbocycles. The van der Waals surface area contributed by atoms with Crippen LogP contribution >= 0.6 is 0 Å². The number of carbonyl (C=O) groups excluding carboxylic acids is 2. The van der Waals surface area contributed by atoms with Crippen molar-refractivity contribution in [2.45, 2.75) is 19.9 Å². The van der Waals surface area contributed by atoms with E-state index in [2.05, 4.69) is 13.2 Å². The lowest BCUT2D eigenvalue weighted by Crippen LogP contribution is -2.39. The lowest BCUT2D eigenvalue weighted by atomic mass is 10.3. The van der Waals surface area contributed by atoms with Gasteiger partial charge in [-0.15, -0.1) is 0 Å². The van der Waals surface area contributed by atoms with Crippen LogP contribution in [0.2, 0.25) is 0 Å². The van der Waals surface area contributed by atoms with Crippen LogP contribution in [0.3, 0.4) is 0 Å². The molecule has 3 heteroatoms. The Hall–Kier alpha value is -1.38. The van der Waals surface area contributed by atoms with Gasteiger partial charge in [-0.25, -0.2) is 0 Å². The highest BCUT2D eigenvalue weighted by atomic mass is 16.2. The molecule has 2 amide bonds. The minimum Gasteiger partial charge on any atom is -0.273 e. The first-order chi connectivity index (χ1) is 5.54. The van der Waals surface area contributed by atoms with E-state index in [-0.39, 0.29) is 6.04 Å². The summed E-state index contributed by atoms with van der Waals surface area (Å²) in [5, 5.41) is 0. The summed E-state index contributed by atoms with van der Waals surface area (Å²) in [6.07, 6.45) is 2.22. The number of hydrogen-bond acceptors (Lipinski definition) is 2. The molecule has 0 radical (unpaired) electrons. The minimum atomic E-state index is -0.394. The van der Waals surface area contributed by atoms with Crippen LogP contribution in [0, 0.1) is 0 Å². The van der Waals surface area contributed by atoms with Crippen molar-refractivity contribution in [2.24, 2.45) is 0 Å². The maximum Gasteiger partial charge on any atom is 0.253 e.